The zero-order valence-corrected chi connectivity index (χ0v) is 24.0. The van der Waals surface area contributed by atoms with E-state index in [0.717, 1.165) is 28.8 Å². The standard InChI is InChI=1S/C39H34N4/c40-38(30-17-8-3-9-18-30)42-39(41-27-28-13-4-1-5-14-28)32-19-12-20-33(25-32)43-36-22-11-10-21-34(36)35-24-23-31(26-37(35)43)29-15-6-2-7-16-29/h1-15,17-26,29,35,37H,16,27H2,(H2,40,41,42). The number of fused-ring (bicyclic) bond motifs is 3. The van der Waals surface area contributed by atoms with Gasteiger partial charge in [0, 0.05) is 34.3 Å². The van der Waals surface area contributed by atoms with Crippen LogP contribution in [-0.2, 0) is 6.54 Å². The average molecular weight is 559 g/mol. The molecule has 0 bridgehead atoms. The number of benzene rings is 4. The fourth-order valence-corrected chi connectivity index (χ4v) is 6.27. The molecular weight excluding hydrogens is 524 g/mol. The van der Waals surface area contributed by atoms with Gasteiger partial charge in [0.2, 0.25) is 0 Å². The molecule has 2 aliphatic carbocycles. The molecule has 0 saturated carbocycles. The molecule has 0 aromatic heterocycles. The highest BCUT2D eigenvalue weighted by Gasteiger charge is 2.38. The third kappa shape index (κ3) is 5.52. The maximum Gasteiger partial charge on any atom is 0.157 e. The highest BCUT2D eigenvalue weighted by molar-refractivity contribution is 6.11. The number of para-hydroxylation sites is 1. The van der Waals surface area contributed by atoms with Crippen LogP contribution in [0.25, 0.3) is 0 Å². The normalized spacial score (nSPS) is 21.0. The second-order valence-corrected chi connectivity index (χ2v) is 11.2. The van der Waals surface area contributed by atoms with E-state index in [4.69, 9.17) is 15.7 Å². The Kier molecular flexibility index (Phi) is 7.41. The van der Waals surface area contributed by atoms with Crippen molar-refractivity contribution in [3.05, 3.63) is 180 Å². The molecule has 0 spiro atoms. The van der Waals surface area contributed by atoms with Gasteiger partial charge in [-0.05, 0) is 41.3 Å². The van der Waals surface area contributed by atoms with Crippen LogP contribution in [0, 0.1) is 5.92 Å². The average Bonchev–Trinajstić information content (AvgIpc) is 3.41. The van der Waals surface area contributed by atoms with Gasteiger partial charge in [0.1, 0.15) is 5.84 Å². The first-order valence-electron chi connectivity index (χ1n) is 14.9. The van der Waals surface area contributed by atoms with E-state index in [1.807, 2.05) is 48.5 Å². The SMILES string of the molecule is NC(=NC(=NCc1ccccc1)c1cccc(N2c3ccccc3C3C=CC(C4C=CC=CC4)=CC32)c1)c1ccccc1. The Bertz CT molecular complexity index is 1790. The minimum atomic E-state index is 0.189. The lowest BCUT2D eigenvalue weighted by molar-refractivity contribution is 0.701. The van der Waals surface area contributed by atoms with Crippen LogP contribution in [0.15, 0.2) is 167 Å². The van der Waals surface area contributed by atoms with Crippen LogP contribution >= 0.6 is 0 Å². The summed E-state index contributed by atoms with van der Waals surface area (Å²) >= 11 is 0. The van der Waals surface area contributed by atoms with E-state index >= 15 is 0 Å². The minimum absolute atomic E-state index is 0.189. The van der Waals surface area contributed by atoms with E-state index in [-0.39, 0.29) is 6.04 Å². The predicted molar refractivity (Wildman–Crippen MR) is 179 cm³/mol. The van der Waals surface area contributed by atoms with Crippen molar-refractivity contribution in [3.8, 4) is 0 Å². The molecule has 0 fully saturated rings. The van der Waals surface area contributed by atoms with Crippen molar-refractivity contribution in [1.82, 2.24) is 0 Å². The number of aliphatic imine (C=N–C) groups is 2. The van der Waals surface area contributed by atoms with Crippen molar-refractivity contribution < 1.29 is 0 Å². The van der Waals surface area contributed by atoms with E-state index in [9.17, 15) is 0 Å². The molecule has 4 aromatic rings. The Morgan fingerprint density at radius 3 is 2.37 bits per heavy atom. The monoisotopic (exact) mass is 558 g/mol. The quantitative estimate of drug-likeness (QED) is 0.191. The van der Waals surface area contributed by atoms with E-state index < -0.39 is 0 Å². The van der Waals surface area contributed by atoms with Gasteiger partial charge >= 0.3 is 0 Å². The van der Waals surface area contributed by atoms with Gasteiger partial charge in [-0.1, -0.05) is 134 Å². The van der Waals surface area contributed by atoms with Gasteiger partial charge in [0.15, 0.2) is 5.84 Å². The van der Waals surface area contributed by atoms with Gasteiger partial charge < -0.3 is 10.6 Å². The van der Waals surface area contributed by atoms with Crippen LogP contribution in [0.1, 0.15) is 34.6 Å². The number of amidine groups is 2. The number of nitrogens with zero attached hydrogens (tertiary/aromatic N) is 3. The predicted octanol–water partition coefficient (Wildman–Crippen LogP) is 8.27. The lowest BCUT2D eigenvalue weighted by Gasteiger charge is -2.31. The number of hydrogen-bond donors (Lipinski definition) is 1. The zero-order valence-electron chi connectivity index (χ0n) is 24.0. The van der Waals surface area contributed by atoms with Crippen molar-refractivity contribution in [2.24, 2.45) is 21.6 Å². The van der Waals surface area contributed by atoms with Gasteiger partial charge in [0.25, 0.3) is 0 Å². The molecule has 0 radical (unpaired) electrons. The van der Waals surface area contributed by atoms with E-state index in [1.54, 1.807) is 0 Å². The molecule has 7 rings (SSSR count). The van der Waals surface area contributed by atoms with E-state index in [1.165, 1.54) is 16.8 Å². The number of allylic oxidation sites excluding steroid dienone is 6. The van der Waals surface area contributed by atoms with Crippen molar-refractivity contribution in [2.45, 2.75) is 24.9 Å². The van der Waals surface area contributed by atoms with Gasteiger partial charge in [-0.2, -0.15) is 0 Å². The summed E-state index contributed by atoms with van der Waals surface area (Å²) in [6.07, 6.45) is 17.1. The Labute approximate surface area is 253 Å². The summed E-state index contributed by atoms with van der Waals surface area (Å²) in [7, 11) is 0. The fraction of sp³-hybridized carbons (Fsp3) is 0.128. The van der Waals surface area contributed by atoms with Gasteiger partial charge in [0.05, 0.1) is 12.6 Å². The molecule has 2 N–H and O–H groups in total. The van der Waals surface area contributed by atoms with Crippen LogP contribution in [0.5, 0.6) is 0 Å². The van der Waals surface area contributed by atoms with Crippen LogP contribution < -0.4 is 10.6 Å². The second-order valence-electron chi connectivity index (χ2n) is 11.2. The molecule has 4 heteroatoms. The Morgan fingerprint density at radius 2 is 1.56 bits per heavy atom. The highest BCUT2D eigenvalue weighted by atomic mass is 15.2. The summed E-state index contributed by atoms with van der Waals surface area (Å²) in [6.45, 7) is 0.517. The molecule has 3 atom stereocenters. The van der Waals surface area contributed by atoms with Crippen LogP contribution in [0.2, 0.25) is 0 Å². The first-order valence-corrected chi connectivity index (χ1v) is 14.9. The molecular formula is C39H34N4. The number of rotatable bonds is 6. The van der Waals surface area contributed by atoms with Crippen molar-refractivity contribution in [1.29, 1.82) is 0 Å². The summed E-state index contributed by atoms with van der Waals surface area (Å²) in [4.78, 5) is 12.4. The van der Waals surface area contributed by atoms with Crippen molar-refractivity contribution in [2.75, 3.05) is 4.90 Å². The fourth-order valence-electron chi connectivity index (χ4n) is 6.27. The van der Waals surface area contributed by atoms with Gasteiger partial charge in [-0.15, -0.1) is 0 Å². The maximum absolute atomic E-state index is 6.53. The topological polar surface area (TPSA) is 54.0 Å². The summed E-state index contributed by atoms with van der Waals surface area (Å²) in [5, 5.41) is 0. The summed E-state index contributed by atoms with van der Waals surface area (Å²) in [6, 6.07) is 37.7. The van der Waals surface area contributed by atoms with Crippen molar-refractivity contribution in [3.63, 3.8) is 0 Å². The summed E-state index contributed by atoms with van der Waals surface area (Å²) in [5.41, 5.74) is 14.6. The molecule has 43 heavy (non-hydrogen) atoms. The zero-order chi connectivity index (χ0) is 29.0. The molecule has 1 aliphatic heterocycles. The molecule has 0 saturated heterocycles. The molecule has 4 nitrogen and oxygen atoms in total. The lowest BCUT2D eigenvalue weighted by atomic mass is 9.83. The molecule has 4 aromatic carbocycles. The second kappa shape index (κ2) is 11.9. The Morgan fingerprint density at radius 1 is 0.791 bits per heavy atom. The summed E-state index contributed by atoms with van der Waals surface area (Å²) < 4.78 is 0. The molecule has 3 unspecified atom stereocenters. The minimum Gasteiger partial charge on any atom is -0.383 e. The van der Waals surface area contributed by atoms with E-state index in [0.29, 0.717) is 30.1 Å². The van der Waals surface area contributed by atoms with Gasteiger partial charge in [-0.3, -0.25) is 4.99 Å². The smallest absolute Gasteiger partial charge is 0.157 e. The molecule has 210 valence electrons. The summed E-state index contributed by atoms with van der Waals surface area (Å²) in [5.74, 6) is 1.77. The molecule has 1 heterocycles. The van der Waals surface area contributed by atoms with Crippen LogP contribution in [-0.4, -0.2) is 17.7 Å². The number of anilines is 2. The number of hydrogen-bond acceptors (Lipinski definition) is 2. The first-order chi connectivity index (χ1) is 21.2. The van der Waals surface area contributed by atoms with Gasteiger partial charge in [-0.25, -0.2) is 4.99 Å². The Balaban J connectivity index is 1.29. The van der Waals surface area contributed by atoms with Crippen molar-refractivity contribution >= 4 is 23.0 Å². The molecule has 0 amide bonds. The Hall–Kier alpha value is -5.22. The third-order valence-electron chi connectivity index (χ3n) is 8.42. The third-order valence-corrected chi connectivity index (χ3v) is 8.42. The van der Waals surface area contributed by atoms with Crippen LogP contribution in [0.3, 0.4) is 0 Å². The maximum atomic E-state index is 6.53. The first kappa shape index (κ1) is 26.7. The number of nitrogens with two attached hydrogens (primary N) is 1. The van der Waals surface area contributed by atoms with E-state index in [2.05, 4.69) is 108 Å². The highest BCUT2D eigenvalue weighted by Crippen LogP contribution is 2.49. The molecule has 3 aliphatic rings. The largest absolute Gasteiger partial charge is 0.383 e. The van der Waals surface area contributed by atoms with Crippen LogP contribution in [0.4, 0.5) is 11.4 Å². The lowest BCUT2D eigenvalue weighted by Crippen LogP contribution is -2.30.